The molecule has 0 aliphatic carbocycles. The molecule has 8 nitrogen and oxygen atoms in total. The van der Waals surface area contributed by atoms with Gasteiger partial charge in [0.25, 0.3) is 0 Å². The summed E-state index contributed by atoms with van der Waals surface area (Å²) < 4.78 is 34.4. The molecule has 154 valence electrons. The molecule has 0 saturated carbocycles. The zero-order valence-electron chi connectivity index (χ0n) is 16.1. The molecule has 1 N–H and O–H groups in total. The van der Waals surface area contributed by atoms with Crippen molar-refractivity contribution >= 4 is 21.4 Å². The second kappa shape index (κ2) is 8.75. The number of allylic oxidation sites excluding steroid dienone is 1. The Bertz CT molecular complexity index is 1200. The minimum absolute atomic E-state index is 0.0123. The average molecular weight is 426 g/mol. The average Bonchev–Trinajstić information content (AvgIpc) is 2.69. The van der Waals surface area contributed by atoms with Crippen molar-refractivity contribution in [3.05, 3.63) is 72.6 Å². The number of carboxylic acid groups (broad SMARTS) is 1. The van der Waals surface area contributed by atoms with Crippen LogP contribution in [0.4, 0.5) is 0 Å². The van der Waals surface area contributed by atoms with Gasteiger partial charge in [-0.2, -0.15) is 0 Å². The summed E-state index contributed by atoms with van der Waals surface area (Å²) in [6.45, 7) is 1.64. The molecule has 9 heteroatoms. The highest BCUT2D eigenvalue weighted by Crippen LogP contribution is 2.32. The summed E-state index contributed by atoms with van der Waals surface area (Å²) in [5.74, 6) is 0.0920. The molecule has 0 aliphatic rings. The number of aliphatic carboxylic acids is 1. The zero-order valence-corrected chi connectivity index (χ0v) is 17.0. The molecule has 0 bridgehead atoms. The van der Waals surface area contributed by atoms with E-state index in [1.54, 1.807) is 55.5 Å². The fourth-order valence-electron chi connectivity index (χ4n) is 2.55. The van der Waals surface area contributed by atoms with Gasteiger partial charge in [0.1, 0.15) is 22.1 Å². The van der Waals surface area contributed by atoms with E-state index in [9.17, 15) is 18.3 Å². The third kappa shape index (κ3) is 5.00. The summed E-state index contributed by atoms with van der Waals surface area (Å²) in [5, 5.41) is 9.40. The van der Waals surface area contributed by atoms with E-state index in [-0.39, 0.29) is 16.5 Å². The Kier molecular flexibility index (Phi) is 6.12. The van der Waals surface area contributed by atoms with Gasteiger partial charge in [-0.1, -0.05) is 30.3 Å². The fourth-order valence-corrected chi connectivity index (χ4v) is 3.04. The van der Waals surface area contributed by atoms with Gasteiger partial charge in [0.15, 0.2) is 9.84 Å². The number of benzene rings is 2. The highest BCUT2D eigenvalue weighted by Gasteiger charge is 2.15. The first-order valence-electron chi connectivity index (χ1n) is 8.75. The van der Waals surface area contributed by atoms with Crippen molar-refractivity contribution in [1.82, 2.24) is 9.97 Å². The van der Waals surface area contributed by atoms with E-state index in [0.29, 0.717) is 22.8 Å². The molecule has 2 aromatic carbocycles. The summed E-state index contributed by atoms with van der Waals surface area (Å²) in [6.07, 6.45) is 4.90. The van der Waals surface area contributed by atoms with Gasteiger partial charge >= 0.3 is 12.0 Å². The Morgan fingerprint density at radius 3 is 2.23 bits per heavy atom. The first kappa shape index (κ1) is 21.0. The Balaban J connectivity index is 1.83. The van der Waals surface area contributed by atoms with Gasteiger partial charge in [-0.05, 0) is 25.1 Å². The Morgan fingerprint density at radius 1 is 1.00 bits per heavy atom. The van der Waals surface area contributed by atoms with Crippen LogP contribution in [0.3, 0.4) is 0 Å². The van der Waals surface area contributed by atoms with Gasteiger partial charge < -0.3 is 14.6 Å². The van der Waals surface area contributed by atoms with Crippen LogP contribution < -0.4 is 9.47 Å². The van der Waals surface area contributed by atoms with Crippen molar-refractivity contribution in [3.63, 3.8) is 0 Å². The maximum Gasteiger partial charge on any atom is 0.336 e. The first-order valence-corrected chi connectivity index (χ1v) is 10.6. The normalized spacial score (nSPS) is 11.7. The maximum absolute atomic E-state index is 11.5. The number of para-hydroxylation sites is 1. The standard InChI is InChI=1S/C21H18N2O6S/c1-3-17(20(24)25)18-9-4-5-10-19(18)28-14-7-6-8-15(11-14)29-21-22-12-16(13-23-21)30(2,26)27/h3-13H,1-2H3,(H,24,25)/b17-3+. The molecule has 3 aromatic rings. The monoisotopic (exact) mass is 426 g/mol. The lowest BCUT2D eigenvalue weighted by atomic mass is 10.0. The molecule has 0 spiro atoms. The molecule has 1 aromatic heterocycles. The topological polar surface area (TPSA) is 116 Å². The molecule has 0 saturated heterocycles. The third-order valence-electron chi connectivity index (χ3n) is 3.97. The minimum atomic E-state index is -3.40. The lowest BCUT2D eigenvalue weighted by molar-refractivity contribution is -0.130. The van der Waals surface area contributed by atoms with Crippen LogP contribution in [0.25, 0.3) is 5.57 Å². The zero-order chi connectivity index (χ0) is 21.7. The molecule has 0 fully saturated rings. The largest absolute Gasteiger partial charge is 0.478 e. The van der Waals surface area contributed by atoms with Crippen molar-refractivity contribution in [2.24, 2.45) is 0 Å². The smallest absolute Gasteiger partial charge is 0.336 e. The van der Waals surface area contributed by atoms with Crippen LogP contribution in [0.2, 0.25) is 0 Å². The van der Waals surface area contributed by atoms with Gasteiger partial charge in [-0.3, -0.25) is 0 Å². The highest BCUT2D eigenvalue weighted by atomic mass is 32.2. The summed E-state index contributed by atoms with van der Waals surface area (Å²) in [7, 11) is -3.40. The van der Waals surface area contributed by atoms with Gasteiger partial charge in [0, 0.05) is 17.9 Å². The Hall–Kier alpha value is -3.72. The molecular formula is C21H18N2O6S. The van der Waals surface area contributed by atoms with Crippen molar-refractivity contribution < 1.29 is 27.8 Å². The second-order valence-electron chi connectivity index (χ2n) is 6.16. The number of carbonyl (C=O) groups is 1. The molecule has 0 atom stereocenters. The Labute approximate surface area is 173 Å². The van der Waals surface area contributed by atoms with Crippen LogP contribution in [0.15, 0.2) is 71.9 Å². The summed E-state index contributed by atoms with van der Waals surface area (Å²) in [4.78, 5) is 19.3. The van der Waals surface area contributed by atoms with Crippen molar-refractivity contribution in [2.45, 2.75) is 11.8 Å². The second-order valence-corrected chi connectivity index (χ2v) is 8.17. The number of hydrogen-bond donors (Lipinski definition) is 1. The van der Waals surface area contributed by atoms with E-state index < -0.39 is 15.8 Å². The van der Waals surface area contributed by atoms with Crippen LogP contribution in [0.5, 0.6) is 23.3 Å². The fraction of sp³-hybridized carbons (Fsp3) is 0.0952. The third-order valence-corrected chi connectivity index (χ3v) is 5.04. The van der Waals surface area contributed by atoms with Gasteiger partial charge in [0.05, 0.1) is 18.0 Å². The number of aromatic nitrogens is 2. The number of ether oxygens (including phenoxy) is 2. The van der Waals surface area contributed by atoms with Gasteiger partial charge in [-0.15, -0.1) is 0 Å². The number of sulfone groups is 1. The quantitative estimate of drug-likeness (QED) is 0.565. The molecule has 30 heavy (non-hydrogen) atoms. The SMILES string of the molecule is C/C=C(/C(=O)O)c1ccccc1Oc1cccc(Oc2ncc(S(C)(=O)=O)cn2)c1. The molecule has 3 rings (SSSR count). The van der Waals surface area contributed by atoms with Gasteiger partial charge in [-0.25, -0.2) is 23.2 Å². The van der Waals surface area contributed by atoms with E-state index in [1.807, 2.05) is 0 Å². The van der Waals surface area contributed by atoms with Crippen LogP contribution in [-0.2, 0) is 14.6 Å². The number of hydrogen-bond acceptors (Lipinski definition) is 7. The number of rotatable bonds is 7. The van der Waals surface area contributed by atoms with Crippen molar-refractivity contribution in [2.75, 3.05) is 6.26 Å². The van der Waals surface area contributed by atoms with Gasteiger partial charge in [0.2, 0.25) is 0 Å². The molecule has 0 unspecified atom stereocenters. The summed E-state index contributed by atoms with van der Waals surface area (Å²) in [6, 6.07) is 13.4. The van der Waals surface area contributed by atoms with E-state index in [1.165, 1.54) is 18.5 Å². The predicted octanol–water partition coefficient (Wildman–Crippen LogP) is 3.95. The predicted molar refractivity (Wildman–Crippen MR) is 109 cm³/mol. The van der Waals surface area contributed by atoms with Crippen LogP contribution in [-0.4, -0.2) is 35.7 Å². The molecule has 0 aliphatic heterocycles. The van der Waals surface area contributed by atoms with Crippen LogP contribution >= 0.6 is 0 Å². The molecule has 1 heterocycles. The molecular weight excluding hydrogens is 408 g/mol. The summed E-state index contributed by atoms with van der Waals surface area (Å²) >= 11 is 0. The molecule has 0 radical (unpaired) electrons. The Morgan fingerprint density at radius 2 is 1.63 bits per heavy atom. The lowest BCUT2D eigenvalue weighted by Gasteiger charge is -2.12. The lowest BCUT2D eigenvalue weighted by Crippen LogP contribution is -2.01. The maximum atomic E-state index is 11.5. The number of nitrogens with zero attached hydrogens (tertiary/aromatic N) is 2. The van der Waals surface area contributed by atoms with E-state index >= 15 is 0 Å². The first-order chi connectivity index (χ1) is 14.3. The van der Waals surface area contributed by atoms with Crippen LogP contribution in [0, 0.1) is 0 Å². The highest BCUT2D eigenvalue weighted by molar-refractivity contribution is 7.90. The summed E-state index contributed by atoms with van der Waals surface area (Å²) in [5.41, 5.74) is 0.566. The van der Waals surface area contributed by atoms with Crippen LogP contribution in [0.1, 0.15) is 12.5 Å². The minimum Gasteiger partial charge on any atom is -0.478 e. The number of carboxylic acids is 1. The van der Waals surface area contributed by atoms with Crippen molar-refractivity contribution in [1.29, 1.82) is 0 Å². The van der Waals surface area contributed by atoms with Crippen molar-refractivity contribution in [3.8, 4) is 23.3 Å². The van der Waals surface area contributed by atoms with E-state index in [0.717, 1.165) is 6.26 Å². The molecule has 0 amide bonds. The van der Waals surface area contributed by atoms with E-state index in [4.69, 9.17) is 9.47 Å². The van der Waals surface area contributed by atoms with E-state index in [2.05, 4.69) is 9.97 Å².